The molecule has 0 saturated carbocycles. The molecular weight excluding hydrogens is 204 g/mol. The molecule has 0 spiro atoms. The molecule has 4 nitrogen and oxygen atoms in total. The van der Waals surface area contributed by atoms with Crippen molar-refractivity contribution >= 4 is 6.09 Å². The Balaban J connectivity index is 2.26. The molecule has 2 fully saturated rings. The van der Waals surface area contributed by atoms with Crippen LogP contribution in [0, 0.1) is 17.3 Å². The van der Waals surface area contributed by atoms with Crippen LogP contribution in [0.5, 0.6) is 0 Å². The number of rotatable bonds is 0. The number of hydrogen-bond acceptors (Lipinski definition) is 2. The average Bonchev–Trinajstić information content (AvgIpc) is 2.61. The van der Waals surface area contributed by atoms with E-state index in [1.807, 2.05) is 0 Å². The number of fused-ring (bicyclic) bond motifs is 1. The van der Waals surface area contributed by atoms with Gasteiger partial charge in [-0.25, -0.2) is 4.79 Å². The van der Waals surface area contributed by atoms with Gasteiger partial charge in [-0.05, 0) is 30.2 Å². The normalized spacial score (nSPS) is 34.9. The highest BCUT2D eigenvalue weighted by Gasteiger charge is 2.47. The lowest BCUT2D eigenvalue weighted by Crippen LogP contribution is -2.56. The molecule has 0 aliphatic carbocycles. The molecule has 0 aromatic rings. The van der Waals surface area contributed by atoms with Gasteiger partial charge in [0.05, 0.1) is 0 Å². The zero-order valence-electron chi connectivity index (χ0n) is 10.4. The third kappa shape index (κ3) is 1.90. The van der Waals surface area contributed by atoms with E-state index in [1.165, 1.54) is 0 Å². The summed E-state index contributed by atoms with van der Waals surface area (Å²) in [7, 11) is 0. The van der Waals surface area contributed by atoms with E-state index >= 15 is 0 Å². The van der Waals surface area contributed by atoms with Crippen molar-refractivity contribution in [3.63, 3.8) is 0 Å². The van der Waals surface area contributed by atoms with Gasteiger partial charge in [-0.3, -0.25) is 0 Å². The van der Waals surface area contributed by atoms with Gasteiger partial charge in [0.25, 0.3) is 0 Å². The zero-order valence-corrected chi connectivity index (χ0v) is 10.4. The summed E-state index contributed by atoms with van der Waals surface area (Å²) in [6, 6.07) is 0.152. The molecular formula is C12H22N2O2. The summed E-state index contributed by atoms with van der Waals surface area (Å²) in [5, 5.41) is 12.7. The third-order valence-corrected chi connectivity index (χ3v) is 4.01. The number of nitrogens with one attached hydrogen (secondary N) is 1. The molecule has 2 N–H and O–H groups in total. The Hall–Kier alpha value is -0.770. The highest BCUT2D eigenvalue weighted by atomic mass is 16.4. The molecule has 92 valence electrons. The molecule has 2 heterocycles. The molecule has 2 rings (SSSR count). The first-order valence-electron chi connectivity index (χ1n) is 6.11. The Morgan fingerprint density at radius 2 is 2.06 bits per heavy atom. The lowest BCUT2D eigenvalue weighted by molar-refractivity contribution is 0.0117. The van der Waals surface area contributed by atoms with E-state index in [2.05, 4.69) is 26.1 Å². The fraction of sp³-hybridized carbons (Fsp3) is 0.917. The first kappa shape index (κ1) is 11.7. The Morgan fingerprint density at radius 3 is 2.62 bits per heavy atom. The Morgan fingerprint density at radius 1 is 1.38 bits per heavy atom. The zero-order chi connectivity index (χ0) is 11.9. The van der Waals surface area contributed by atoms with Crippen molar-refractivity contribution < 1.29 is 9.90 Å². The van der Waals surface area contributed by atoms with E-state index in [1.54, 1.807) is 4.90 Å². The fourth-order valence-corrected chi connectivity index (χ4v) is 3.44. The summed E-state index contributed by atoms with van der Waals surface area (Å²) in [4.78, 5) is 13.0. The summed E-state index contributed by atoms with van der Waals surface area (Å²) in [5.74, 6) is 1.16. The van der Waals surface area contributed by atoms with Crippen molar-refractivity contribution in [2.24, 2.45) is 17.3 Å². The van der Waals surface area contributed by atoms with E-state index in [9.17, 15) is 9.90 Å². The fourth-order valence-electron chi connectivity index (χ4n) is 3.44. The summed E-state index contributed by atoms with van der Waals surface area (Å²) in [6.07, 6.45) is 0.251. The minimum Gasteiger partial charge on any atom is -0.465 e. The van der Waals surface area contributed by atoms with Crippen molar-refractivity contribution in [1.29, 1.82) is 0 Å². The van der Waals surface area contributed by atoms with Gasteiger partial charge in [0.2, 0.25) is 0 Å². The second-order valence-electron chi connectivity index (χ2n) is 6.16. The predicted octanol–water partition coefficient (Wildman–Crippen LogP) is 1.62. The molecule has 1 amide bonds. The molecule has 4 heteroatoms. The first-order chi connectivity index (χ1) is 7.41. The minimum absolute atomic E-state index is 0.0216. The second-order valence-corrected chi connectivity index (χ2v) is 6.16. The van der Waals surface area contributed by atoms with Crippen LogP contribution in [0.1, 0.15) is 27.2 Å². The first-order valence-corrected chi connectivity index (χ1v) is 6.11. The number of nitrogens with zero attached hydrogens (tertiary/aromatic N) is 1. The summed E-state index contributed by atoms with van der Waals surface area (Å²) < 4.78 is 0. The van der Waals surface area contributed by atoms with Crippen molar-refractivity contribution in [3.8, 4) is 0 Å². The monoisotopic (exact) mass is 226 g/mol. The maximum absolute atomic E-state index is 11.3. The molecule has 0 aromatic carbocycles. The van der Waals surface area contributed by atoms with E-state index in [0.29, 0.717) is 18.4 Å². The molecule has 2 saturated heterocycles. The van der Waals surface area contributed by atoms with Gasteiger partial charge < -0.3 is 15.3 Å². The molecule has 3 unspecified atom stereocenters. The topological polar surface area (TPSA) is 52.6 Å². The molecule has 16 heavy (non-hydrogen) atoms. The van der Waals surface area contributed by atoms with Gasteiger partial charge in [0, 0.05) is 19.1 Å². The smallest absolute Gasteiger partial charge is 0.407 e. The van der Waals surface area contributed by atoms with Gasteiger partial charge >= 0.3 is 6.09 Å². The largest absolute Gasteiger partial charge is 0.465 e. The Kier molecular flexibility index (Phi) is 2.86. The van der Waals surface area contributed by atoms with Gasteiger partial charge in [-0.1, -0.05) is 20.8 Å². The molecule has 0 radical (unpaired) electrons. The lowest BCUT2D eigenvalue weighted by Gasteiger charge is -2.47. The number of likely N-dealkylation sites (tertiary alicyclic amines) is 1. The highest BCUT2D eigenvalue weighted by Crippen LogP contribution is 2.40. The van der Waals surface area contributed by atoms with Crippen LogP contribution < -0.4 is 5.32 Å². The summed E-state index contributed by atoms with van der Waals surface area (Å²) in [5.41, 5.74) is 0.0216. The predicted molar refractivity (Wildman–Crippen MR) is 62.4 cm³/mol. The summed E-state index contributed by atoms with van der Waals surface area (Å²) >= 11 is 0. The Bertz CT molecular complexity index is 285. The lowest BCUT2D eigenvalue weighted by atomic mass is 9.71. The van der Waals surface area contributed by atoms with Crippen LogP contribution in [0.2, 0.25) is 0 Å². The standard InChI is InChI=1S/C12H22N2O2/c1-12(2,3)10-9-7-13-6-8(9)4-5-14(10)11(15)16/h8-10,13H,4-7H2,1-3H3,(H,15,16). The summed E-state index contributed by atoms with van der Waals surface area (Å²) in [6.45, 7) is 9.16. The van der Waals surface area contributed by atoms with Crippen molar-refractivity contribution in [3.05, 3.63) is 0 Å². The average molecular weight is 226 g/mol. The van der Waals surface area contributed by atoms with E-state index in [4.69, 9.17) is 0 Å². The van der Waals surface area contributed by atoms with Crippen LogP contribution in [0.3, 0.4) is 0 Å². The van der Waals surface area contributed by atoms with Gasteiger partial charge in [0.15, 0.2) is 0 Å². The highest BCUT2D eigenvalue weighted by molar-refractivity contribution is 5.65. The number of carbonyl (C=O) groups is 1. The van der Waals surface area contributed by atoms with Crippen LogP contribution in [-0.4, -0.2) is 41.8 Å². The van der Waals surface area contributed by atoms with Crippen LogP contribution in [0.25, 0.3) is 0 Å². The van der Waals surface area contributed by atoms with Gasteiger partial charge in [0.1, 0.15) is 0 Å². The SMILES string of the molecule is CC(C)(C)C1C2CNCC2CCN1C(=O)O. The molecule has 3 atom stereocenters. The number of hydrogen-bond donors (Lipinski definition) is 2. The van der Waals surface area contributed by atoms with Crippen molar-refractivity contribution in [1.82, 2.24) is 10.2 Å². The van der Waals surface area contributed by atoms with Gasteiger partial charge in [-0.15, -0.1) is 0 Å². The number of carboxylic acid groups (broad SMARTS) is 1. The molecule has 0 aromatic heterocycles. The Labute approximate surface area is 97.0 Å². The molecule has 2 aliphatic heterocycles. The van der Waals surface area contributed by atoms with Crippen LogP contribution in [0.15, 0.2) is 0 Å². The van der Waals surface area contributed by atoms with E-state index < -0.39 is 6.09 Å². The van der Waals surface area contributed by atoms with E-state index in [-0.39, 0.29) is 11.5 Å². The van der Waals surface area contributed by atoms with Crippen molar-refractivity contribution in [2.75, 3.05) is 19.6 Å². The quantitative estimate of drug-likeness (QED) is 0.660. The molecule has 0 bridgehead atoms. The van der Waals surface area contributed by atoms with E-state index in [0.717, 1.165) is 19.5 Å². The third-order valence-electron chi connectivity index (χ3n) is 4.01. The second kappa shape index (κ2) is 3.91. The van der Waals surface area contributed by atoms with Gasteiger partial charge in [-0.2, -0.15) is 0 Å². The minimum atomic E-state index is -0.759. The molecule has 2 aliphatic rings. The maximum Gasteiger partial charge on any atom is 0.407 e. The van der Waals surface area contributed by atoms with Crippen molar-refractivity contribution in [2.45, 2.75) is 33.2 Å². The van der Waals surface area contributed by atoms with Crippen LogP contribution >= 0.6 is 0 Å². The maximum atomic E-state index is 11.3. The van der Waals surface area contributed by atoms with Crippen LogP contribution in [-0.2, 0) is 0 Å². The number of amides is 1. The number of piperidine rings is 1. The van der Waals surface area contributed by atoms with Crippen LogP contribution in [0.4, 0.5) is 4.79 Å².